The molecule has 0 radical (unpaired) electrons. The highest BCUT2D eigenvalue weighted by molar-refractivity contribution is 7.71. The summed E-state index contributed by atoms with van der Waals surface area (Å²) in [5.41, 5.74) is 6.75. The maximum atomic E-state index is 11.8. The van der Waals surface area contributed by atoms with Crippen molar-refractivity contribution in [1.82, 2.24) is 15.4 Å². The Labute approximate surface area is 109 Å². The molecule has 0 aromatic carbocycles. The number of aryl methyl sites for hydroxylation is 1. The summed E-state index contributed by atoms with van der Waals surface area (Å²) in [7, 11) is 0. The summed E-state index contributed by atoms with van der Waals surface area (Å²) >= 11 is 5.02. The van der Waals surface area contributed by atoms with Gasteiger partial charge in [0, 0.05) is 12.4 Å². The van der Waals surface area contributed by atoms with Crippen molar-refractivity contribution in [2.45, 2.75) is 6.92 Å². The molecule has 0 aliphatic carbocycles. The zero-order chi connectivity index (χ0) is 13.0. The first kappa shape index (κ1) is 12.3. The van der Waals surface area contributed by atoms with Crippen LogP contribution in [0, 0.1) is 11.6 Å². The number of nitrogens with zero attached hydrogens (tertiary/aromatic N) is 1. The maximum Gasteiger partial charge on any atom is 0.272 e. The molecule has 2 heterocycles. The van der Waals surface area contributed by atoms with Crippen LogP contribution in [0.2, 0.25) is 0 Å². The Balaban J connectivity index is 2.05. The van der Waals surface area contributed by atoms with E-state index >= 15 is 0 Å². The summed E-state index contributed by atoms with van der Waals surface area (Å²) < 4.78 is 0.397. The number of hydrogen-bond acceptors (Lipinski definition) is 4. The third kappa shape index (κ3) is 2.92. The fourth-order valence-electron chi connectivity index (χ4n) is 1.39. The predicted octanol–water partition coefficient (Wildman–Crippen LogP) is 2.20. The van der Waals surface area contributed by atoms with Gasteiger partial charge in [-0.15, -0.1) is 0 Å². The van der Waals surface area contributed by atoms with Crippen molar-refractivity contribution in [3.63, 3.8) is 0 Å². The lowest BCUT2D eigenvalue weighted by molar-refractivity contribution is 0.0961. The Morgan fingerprint density at radius 2 is 2.28 bits per heavy atom. The Hall–Kier alpha value is -2.21. The second kappa shape index (κ2) is 5.42. The minimum absolute atomic E-state index is 0.305. The fraction of sp³-hybridized carbons (Fsp3) is 0.0833. The zero-order valence-corrected chi connectivity index (χ0v) is 10.5. The molecule has 0 unspecified atom stereocenters. The maximum absolute atomic E-state index is 11.8. The quantitative estimate of drug-likeness (QED) is 0.584. The van der Waals surface area contributed by atoms with Crippen molar-refractivity contribution >= 4 is 23.9 Å². The highest BCUT2D eigenvalue weighted by Gasteiger charge is 2.06. The molecule has 5 nitrogen and oxygen atoms in total. The van der Waals surface area contributed by atoms with E-state index in [4.69, 9.17) is 12.2 Å². The summed E-state index contributed by atoms with van der Waals surface area (Å²) in [6.45, 7) is 1.95. The molecule has 3 N–H and O–H groups in total. The number of hydrogen-bond donors (Lipinski definition) is 3. The van der Waals surface area contributed by atoms with Gasteiger partial charge in [0.15, 0.2) is 0 Å². The molecule has 0 saturated carbocycles. The number of aromatic nitrogens is 2. The van der Waals surface area contributed by atoms with E-state index in [1.54, 1.807) is 24.5 Å². The van der Waals surface area contributed by atoms with Crippen molar-refractivity contribution in [2.24, 2.45) is 0 Å². The number of pyridine rings is 2. The number of carbonyl (C=O) groups is 1. The molecule has 0 atom stereocenters. The first-order valence-corrected chi connectivity index (χ1v) is 5.74. The molecule has 6 heteroatoms. The normalized spacial score (nSPS) is 9.83. The molecule has 18 heavy (non-hydrogen) atoms. The van der Waals surface area contributed by atoms with Crippen LogP contribution in [0.4, 0.5) is 5.82 Å². The number of hydrazine groups is 1. The van der Waals surface area contributed by atoms with E-state index < -0.39 is 0 Å². The van der Waals surface area contributed by atoms with E-state index in [-0.39, 0.29) is 5.91 Å². The minimum Gasteiger partial charge on any atom is -0.352 e. The van der Waals surface area contributed by atoms with Crippen LogP contribution < -0.4 is 10.9 Å². The number of anilines is 1. The Kier molecular flexibility index (Phi) is 3.69. The second-order valence-electron chi connectivity index (χ2n) is 3.71. The van der Waals surface area contributed by atoms with Crippen LogP contribution in [0.15, 0.2) is 36.7 Å². The van der Waals surface area contributed by atoms with E-state index in [2.05, 4.69) is 20.8 Å². The highest BCUT2D eigenvalue weighted by atomic mass is 32.1. The minimum atomic E-state index is -0.305. The molecule has 2 aromatic rings. The number of rotatable bonds is 3. The average Bonchev–Trinajstić information content (AvgIpc) is 2.37. The molecule has 1 amide bonds. The number of nitrogens with one attached hydrogen (secondary N) is 3. The lowest BCUT2D eigenvalue weighted by Gasteiger charge is -2.07. The summed E-state index contributed by atoms with van der Waals surface area (Å²) in [5.74, 6) is 0.273. The monoisotopic (exact) mass is 260 g/mol. The van der Waals surface area contributed by atoms with Crippen molar-refractivity contribution in [3.05, 3.63) is 52.4 Å². The summed E-state index contributed by atoms with van der Waals surface area (Å²) in [5, 5.41) is 0. The van der Waals surface area contributed by atoms with E-state index in [0.29, 0.717) is 16.0 Å². The third-order valence-corrected chi connectivity index (χ3v) is 2.62. The van der Waals surface area contributed by atoms with Crippen LogP contribution in [0.3, 0.4) is 0 Å². The largest absolute Gasteiger partial charge is 0.352 e. The first-order valence-electron chi connectivity index (χ1n) is 5.33. The smallest absolute Gasteiger partial charge is 0.272 e. The predicted molar refractivity (Wildman–Crippen MR) is 71.7 cm³/mol. The van der Waals surface area contributed by atoms with Gasteiger partial charge in [0.2, 0.25) is 0 Å². The molecule has 0 saturated heterocycles. The summed E-state index contributed by atoms with van der Waals surface area (Å²) in [6.07, 6.45) is 3.34. The zero-order valence-electron chi connectivity index (χ0n) is 9.73. The van der Waals surface area contributed by atoms with Crippen molar-refractivity contribution in [3.8, 4) is 0 Å². The first-order chi connectivity index (χ1) is 8.66. The number of aromatic amines is 1. The van der Waals surface area contributed by atoms with Crippen LogP contribution in [0.5, 0.6) is 0 Å². The molecule has 92 valence electrons. The highest BCUT2D eigenvalue weighted by Crippen LogP contribution is 2.04. The molecule has 0 spiro atoms. The van der Waals surface area contributed by atoms with Crippen molar-refractivity contribution in [1.29, 1.82) is 0 Å². The lowest BCUT2D eigenvalue weighted by atomic mass is 10.3. The number of carbonyl (C=O) groups excluding carboxylic acids is 1. The van der Waals surface area contributed by atoms with E-state index in [1.165, 1.54) is 0 Å². The molecular weight excluding hydrogens is 248 g/mol. The summed E-state index contributed by atoms with van der Waals surface area (Å²) in [4.78, 5) is 18.7. The van der Waals surface area contributed by atoms with Crippen LogP contribution in [0.25, 0.3) is 0 Å². The summed E-state index contributed by atoms with van der Waals surface area (Å²) in [6, 6.07) is 7.07. The topological polar surface area (TPSA) is 69.8 Å². The van der Waals surface area contributed by atoms with Crippen molar-refractivity contribution in [2.75, 3.05) is 5.43 Å². The van der Waals surface area contributed by atoms with Gasteiger partial charge in [0.25, 0.3) is 5.91 Å². The molecule has 0 bridgehead atoms. The van der Waals surface area contributed by atoms with Gasteiger partial charge in [-0.1, -0.05) is 12.2 Å². The SMILES string of the molecule is Cc1ccnc(NNC(=O)c2ccc[nH]c2=S)c1. The van der Waals surface area contributed by atoms with Gasteiger partial charge in [-0.3, -0.25) is 15.6 Å². The van der Waals surface area contributed by atoms with Gasteiger partial charge in [0.05, 0.1) is 5.56 Å². The molecule has 2 rings (SSSR count). The van der Waals surface area contributed by atoms with Crippen LogP contribution >= 0.6 is 12.2 Å². The third-order valence-electron chi connectivity index (χ3n) is 2.28. The Bertz CT molecular complexity index is 623. The van der Waals surface area contributed by atoms with Crippen LogP contribution in [0.1, 0.15) is 15.9 Å². The van der Waals surface area contributed by atoms with E-state index in [1.807, 2.05) is 19.1 Å². The molecule has 0 aliphatic rings. The van der Waals surface area contributed by atoms with Gasteiger partial charge in [-0.25, -0.2) is 4.98 Å². The fourth-order valence-corrected chi connectivity index (χ4v) is 1.62. The van der Waals surface area contributed by atoms with E-state index in [0.717, 1.165) is 5.56 Å². The van der Waals surface area contributed by atoms with Gasteiger partial charge in [-0.2, -0.15) is 0 Å². The standard InChI is InChI=1S/C12H12N4OS/c1-8-4-6-13-10(7-8)15-16-11(17)9-3-2-5-14-12(9)18/h2-7H,1H3,(H,13,15)(H,14,18)(H,16,17). The van der Waals surface area contributed by atoms with Gasteiger partial charge in [0.1, 0.15) is 10.5 Å². The van der Waals surface area contributed by atoms with Crippen LogP contribution in [-0.2, 0) is 0 Å². The Morgan fingerprint density at radius 3 is 3.00 bits per heavy atom. The molecule has 2 aromatic heterocycles. The van der Waals surface area contributed by atoms with E-state index in [9.17, 15) is 4.79 Å². The van der Waals surface area contributed by atoms with Gasteiger partial charge < -0.3 is 4.98 Å². The average molecular weight is 260 g/mol. The Morgan fingerprint density at radius 1 is 1.44 bits per heavy atom. The van der Waals surface area contributed by atoms with Gasteiger partial charge in [-0.05, 0) is 36.8 Å². The van der Waals surface area contributed by atoms with Crippen LogP contribution in [-0.4, -0.2) is 15.9 Å². The number of H-pyrrole nitrogens is 1. The molecule has 0 aliphatic heterocycles. The second-order valence-corrected chi connectivity index (χ2v) is 4.12. The molecule has 0 fully saturated rings. The lowest BCUT2D eigenvalue weighted by Crippen LogP contribution is -2.30. The molecular formula is C12H12N4OS. The van der Waals surface area contributed by atoms with Crippen molar-refractivity contribution < 1.29 is 4.79 Å². The number of amides is 1. The van der Waals surface area contributed by atoms with Gasteiger partial charge >= 0.3 is 0 Å².